The van der Waals surface area contributed by atoms with Gasteiger partial charge in [-0.25, -0.2) is 9.59 Å². The van der Waals surface area contributed by atoms with E-state index < -0.39 is 30.0 Å². The standard InChI is InChI=1S/C22H19F3N2O7/c1-31-20(29)17-11-33-12-27(18(17)21(30)32-2)15-5-3-4-13(10-15)19(28)26-14-6-8-16(9-7-14)34-22(23,24)25/h3-10H,11-12H2,1-2H3,(H,26,28). The van der Waals surface area contributed by atoms with Crippen LogP contribution in [0, 0.1) is 0 Å². The Balaban J connectivity index is 1.84. The van der Waals surface area contributed by atoms with E-state index in [1.807, 2.05) is 0 Å². The molecule has 180 valence electrons. The van der Waals surface area contributed by atoms with Crippen molar-refractivity contribution in [2.75, 3.05) is 37.8 Å². The number of hydrogen-bond donors (Lipinski definition) is 1. The summed E-state index contributed by atoms with van der Waals surface area (Å²) in [5.41, 5.74) is 0.620. The van der Waals surface area contributed by atoms with Gasteiger partial charge in [0.1, 0.15) is 18.2 Å². The lowest BCUT2D eigenvalue weighted by Crippen LogP contribution is -2.38. The summed E-state index contributed by atoms with van der Waals surface area (Å²) in [7, 11) is 2.32. The van der Waals surface area contributed by atoms with E-state index in [2.05, 4.69) is 10.1 Å². The van der Waals surface area contributed by atoms with Crippen LogP contribution in [0.5, 0.6) is 5.75 Å². The largest absolute Gasteiger partial charge is 0.573 e. The number of amides is 1. The van der Waals surface area contributed by atoms with Crippen LogP contribution in [0.25, 0.3) is 0 Å². The molecule has 0 bridgehead atoms. The number of carbonyl (C=O) groups excluding carboxylic acids is 3. The van der Waals surface area contributed by atoms with Gasteiger partial charge in [-0.05, 0) is 42.5 Å². The number of carbonyl (C=O) groups is 3. The van der Waals surface area contributed by atoms with Crippen molar-refractivity contribution in [2.24, 2.45) is 0 Å². The molecule has 0 atom stereocenters. The fourth-order valence-corrected chi connectivity index (χ4v) is 3.11. The normalized spacial score (nSPS) is 13.9. The van der Waals surface area contributed by atoms with E-state index in [0.29, 0.717) is 5.69 Å². The lowest BCUT2D eigenvalue weighted by Gasteiger charge is -2.31. The van der Waals surface area contributed by atoms with E-state index in [1.165, 1.54) is 29.2 Å². The molecule has 1 heterocycles. The summed E-state index contributed by atoms with van der Waals surface area (Å²) in [6, 6.07) is 10.7. The molecular formula is C22H19F3N2O7. The molecule has 2 aromatic carbocycles. The Hall–Kier alpha value is -4.06. The topological polar surface area (TPSA) is 103 Å². The number of nitrogens with one attached hydrogen (secondary N) is 1. The first-order chi connectivity index (χ1) is 16.1. The fraction of sp³-hybridized carbons (Fsp3) is 0.227. The highest BCUT2D eigenvalue weighted by Crippen LogP contribution is 2.28. The molecule has 12 heteroatoms. The number of esters is 2. The van der Waals surface area contributed by atoms with Crippen molar-refractivity contribution >= 4 is 29.2 Å². The molecule has 0 spiro atoms. The minimum Gasteiger partial charge on any atom is -0.466 e. The molecule has 1 aliphatic heterocycles. The van der Waals surface area contributed by atoms with Gasteiger partial charge < -0.3 is 29.2 Å². The van der Waals surface area contributed by atoms with E-state index in [9.17, 15) is 27.6 Å². The van der Waals surface area contributed by atoms with Gasteiger partial charge in [-0.1, -0.05) is 6.07 Å². The quantitative estimate of drug-likeness (QED) is 0.629. The highest BCUT2D eigenvalue weighted by Gasteiger charge is 2.33. The van der Waals surface area contributed by atoms with E-state index in [4.69, 9.17) is 14.2 Å². The van der Waals surface area contributed by atoms with Gasteiger partial charge in [0.2, 0.25) is 0 Å². The third-order valence-electron chi connectivity index (χ3n) is 4.60. The molecule has 0 saturated heterocycles. The SMILES string of the molecule is COC(=O)C1=C(C(=O)OC)N(c2cccc(C(=O)Nc3ccc(OC(F)(F)F)cc3)c2)COC1. The molecule has 1 aliphatic rings. The van der Waals surface area contributed by atoms with Crippen LogP contribution in [-0.2, 0) is 23.8 Å². The molecule has 1 N–H and O–H groups in total. The summed E-state index contributed by atoms with van der Waals surface area (Å²) < 4.78 is 55.6. The van der Waals surface area contributed by atoms with Crippen LogP contribution in [0.4, 0.5) is 24.5 Å². The number of ether oxygens (including phenoxy) is 4. The number of alkyl halides is 3. The molecule has 0 fully saturated rings. The Labute approximate surface area is 191 Å². The van der Waals surface area contributed by atoms with Crippen molar-refractivity contribution in [1.82, 2.24) is 0 Å². The summed E-state index contributed by atoms with van der Waals surface area (Å²) in [6.45, 7) is -0.265. The Morgan fingerprint density at radius 2 is 1.68 bits per heavy atom. The van der Waals surface area contributed by atoms with Crippen molar-refractivity contribution in [3.63, 3.8) is 0 Å². The van der Waals surface area contributed by atoms with E-state index in [0.717, 1.165) is 26.4 Å². The zero-order valence-corrected chi connectivity index (χ0v) is 18.0. The third kappa shape index (κ3) is 5.84. The molecule has 2 aromatic rings. The van der Waals surface area contributed by atoms with Gasteiger partial charge in [0.15, 0.2) is 0 Å². The summed E-state index contributed by atoms with van der Waals surface area (Å²) in [5.74, 6) is -2.56. The van der Waals surface area contributed by atoms with Gasteiger partial charge in [0.05, 0.1) is 26.4 Å². The van der Waals surface area contributed by atoms with Crippen molar-refractivity contribution < 1.29 is 46.5 Å². The molecule has 0 unspecified atom stereocenters. The fourth-order valence-electron chi connectivity index (χ4n) is 3.11. The first-order valence-electron chi connectivity index (χ1n) is 9.65. The van der Waals surface area contributed by atoms with Gasteiger partial charge >= 0.3 is 18.3 Å². The number of hydrogen-bond acceptors (Lipinski definition) is 8. The van der Waals surface area contributed by atoms with Gasteiger partial charge in [-0.2, -0.15) is 0 Å². The van der Waals surface area contributed by atoms with Gasteiger partial charge in [0, 0.05) is 16.9 Å². The van der Waals surface area contributed by atoms with Crippen LogP contribution in [0.3, 0.4) is 0 Å². The molecule has 34 heavy (non-hydrogen) atoms. The second-order valence-electron chi connectivity index (χ2n) is 6.79. The minimum absolute atomic E-state index is 0.0448. The lowest BCUT2D eigenvalue weighted by atomic mass is 10.1. The smallest absolute Gasteiger partial charge is 0.466 e. The van der Waals surface area contributed by atoms with Crippen LogP contribution in [0.1, 0.15) is 10.4 Å². The van der Waals surface area contributed by atoms with Crippen LogP contribution in [0.2, 0.25) is 0 Å². The first kappa shape index (κ1) is 24.6. The molecule has 9 nitrogen and oxygen atoms in total. The Bertz CT molecular complexity index is 1110. The van der Waals surface area contributed by atoms with Crippen molar-refractivity contribution in [3.8, 4) is 5.75 Å². The zero-order valence-electron chi connectivity index (χ0n) is 18.0. The zero-order chi connectivity index (χ0) is 24.9. The molecule has 0 radical (unpaired) electrons. The minimum atomic E-state index is -4.82. The summed E-state index contributed by atoms with van der Waals surface area (Å²) in [4.78, 5) is 38.6. The Morgan fingerprint density at radius 1 is 1.00 bits per heavy atom. The van der Waals surface area contributed by atoms with Crippen molar-refractivity contribution in [2.45, 2.75) is 6.36 Å². The number of anilines is 2. The predicted molar refractivity (Wildman–Crippen MR) is 112 cm³/mol. The summed E-state index contributed by atoms with van der Waals surface area (Å²) >= 11 is 0. The highest BCUT2D eigenvalue weighted by molar-refractivity contribution is 6.06. The molecule has 1 amide bonds. The second kappa shape index (κ2) is 10.3. The molecule has 0 aromatic heterocycles. The van der Waals surface area contributed by atoms with E-state index in [1.54, 1.807) is 12.1 Å². The first-order valence-corrected chi connectivity index (χ1v) is 9.65. The number of rotatable bonds is 6. The average Bonchev–Trinajstić information content (AvgIpc) is 2.83. The van der Waals surface area contributed by atoms with Gasteiger partial charge in [-0.15, -0.1) is 13.2 Å². The molecular weight excluding hydrogens is 461 g/mol. The van der Waals surface area contributed by atoms with E-state index in [-0.39, 0.29) is 35.9 Å². The number of nitrogens with zero attached hydrogens (tertiary/aromatic N) is 1. The average molecular weight is 480 g/mol. The van der Waals surface area contributed by atoms with Crippen molar-refractivity contribution in [1.29, 1.82) is 0 Å². The molecule has 0 saturated carbocycles. The lowest BCUT2D eigenvalue weighted by molar-refractivity contribution is -0.274. The van der Waals surface area contributed by atoms with Gasteiger partial charge in [0.25, 0.3) is 5.91 Å². The highest BCUT2D eigenvalue weighted by atomic mass is 19.4. The maximum atomic E-state index is 12.7. The van der Waals surface area contributed by atoms with Crippen LogP contribution in [-0.4, -0.2) is 51.8 Å². The maximum absolute atomic E-state index is 12.7. The Morgan fingerprint density at radius 3 is 2.29 bits per heavy atom. The number of halogens is 3. The summed E-state index contributed by atoms with van der Waals surface area (Å²) in [5, 5.41) is 2.56. The van der Waals surface area contributed by atoms with Crippen LogP contribution >= 0.6 is 0 Å². The molecule has 3 rings (SSSR count). The predicted octanol–water partition coefficient (Wildman–Crippen LogP) is 3.23. The maximum Gasteiger partial charge on any atom is 0.573 e. The summed E-state index contributed by atoms with van der Waals surface area (Å²) in [6.07, 6.45) is -4.82. The van der Waals surface area contributed by atoms with Crippen LogP contribution in [0.15, 0.2) is 59.8 Å². The number of benzene rings is 2. The van der Waals surface area contributed by atoms with E-state index >= 15 is 0 Å². The number of methoxy groups -OCH3 is 2. The Kier molecular flexibility index (Phi) is 7.41. The third-order valence-corrected chi connectivity index (χ3v) is 4.60. The van der Waals surface area contributed by atoms with Crippen LogP contribution < -0.4 is 15.0 Å². The molecule has 0 aliphatic carbocycles. The monoisotopic (exact) mass is 480 g/mol. The second-order valence-corrected chi connectivity index (χ2v) is 6.79. The van der Waals surface area contributed by atoms with Gasteiger partial charge in [-0.3, -0.25) is 4.79 Å². The van der Waals surface area contributed by atoms with Crippen molar-refractivity contribution in [3.05, 3.63) is 65.4 Å².